The van der Waals surface area contributed by atoms with Crippen molar-refractivity contribution < 1.29 is 41.4 Å². The maximum Gasteiger partial charge on any atom is 0.407 e. The zero-order valence-corrected chi connectivity index (χ0v) is 35.3. The van der Waals surface area contributed by atoms with Crippen LogP contribution < -0.4 is 20.9 Å². The first-order chi connectivity index (χ1) is 29.4. The number of hydrogen-bond donors (Lipinski definition) is 4. The molecule has 0 aliphatic carbocycles. The van der Waals surface area contributed by atoms with Crippen molar-refractivity contribution in [3.05, 3.63) is 113 Å². The number of nitrogens with one attached hydrogen (secondary N) is 3. The first-order valence-electron chi connectivity index (χ1n) is 20.5. The van der Waals surface area contributed by atoms with Crippen LogP contribution >= 0.6 is 0 Å². The zero-order chi connectivity index (χ0) is 44.8. The minimum absolute atomic E-state index is 0.0836. The molecule has 2 aliphatic heterocycles. The average Bonchev–Trinajstić information content (AvgIpc) is 3.52. The van der Waals surface area contributed by atoms with Crippen LogP contribution in [0.4, 0.5) is 32.6 Å². The molecule has 2 saturated heterocycles. The number of carbonyl (C=O) groups is 2. The number of halogens is 5. The molecular formula is C46H52F5N7O4. The summed E-state index contributed by atoms with van der Waals surface area (Å²) in [5.74, 6) is 4.20. The molecule has 2 amide bonds. The van der Waals surface area contributed by atoms with Crippen molar-refractivity contribution in [3.63, 3.8) is 0 Å². The number of alkyl halides is 3. The van der Waals surface area contributed by atoms with Crippen LogP contribution in [0.5, 0.6) is 0 Å². The highest BCUT2D eigenvalue weighted by molar-refractivity contribution is 5.87. The number of piperazine rings is 1. The normalized spacial score (nSPS) is 18.1. The van der Waals surface area contributed by atoms with Gasteiger partial charge in [-0.25, -0.2) is 18.6 Å². The number of amides is 2. The van der Waals surface area contributed by atoms with Crippen molar-refractivity contribution in [2.24, 2.45) is 5.41 Å². The molecule has 4 N–H and O–H groups in total. The second kappa shape index (κ2) is 19.6. The number of anilines is 1. The van der Waals surface area contributed by atoms with Gasteiger partial charge in [-0.15, -0.1) is 0 Å². The number of hydrogen-bond acceptors (Lipinski definition) is 9. The number of aliphatic hydroxyl groups is 1. The second-order valence-corrected chi connectivity index (χ2v) is 16.6. The summed E-state index contributed by atoms with van der Waals surface area (Å²) >= 11 is 0. The van der Waals surface area contributed by atoms with E-state index in [1.54, 1.807) is 48.7 Å². The van der Waals surface area contributed by atoms with Crippen LogP contribution in [0.2, 0.25) is 0 Å². The number of methoxy groups -OCH3 is 1. The van der Waals surface area contributed by atoms with Crippen molar-refractivity contribution in [2.75, 3.05) is 31.6 Å². The summed E-state index contributed by atoms with van der Waals surface area (Å²) in [5.41, 5.74) is -0.546. The molecule has 330 valence electrons. The highest BCUT2D eigenvalue weighted by Crippen LogP contribution is 2.41. The van der Waals surface area contributed by atoms with Gasteiger partial charge in [0.1, 0.15) is 23.5 Å². The Labute approximate surface area is 358 Å². The fourth-order valence-corrected chi connectivity index (χ4v) is 8.14. The van der Waals surface area contributed by atoms with E-state index in [0.717, 1.165) is 57.6 Å². The van der Waals surface area contributed by atoms with Crippen LogP contribution in [0.3, 0.4) is 0 Å². The molecule has 0 spiro atoms. The number of pyridine rings is 2. The molecule has 4 aromatic rings. The Hall–Kier alpha value is -5.63. The van der Waals surface area contributed by atoms with E-state index in [0.29, 0.717) is 34.9 Å². The van der Waals surface area contributed by atoms with E-state index in [1.165, 1.54) is 19.0 Å². The highest BCUT2D eigenvalue weighted by Gasteiger charge is 2.56. The Kier molecular flexibility index (Phi) is 14.5. The summed E-state index contributed by atoms with van der Waals surface area (Å²) in [4.78, 5) is 39.5. The summed E-state index contributed by atoms with van der Waals surface area (Å²) in [7, 11) is 0.945. The first-order valence-corrected chi connectivity index (χ1v) is 20.5. The van der Waals surface area contributed by atoms with E-state index in [-0.39, 0.29) is 30.6 Å². The van der Waals surface area contributed by atoms with E-state index >= 15 is 8.78 Å². The van der Waals surface area contributed by atoms with E-state index in [1.807, 2.05) is 17.4 Å². The van der Waals surface area contributed by atoms with Crippen LogP contribution in [0.1, 0.15) is 62.8 Å². The Balaban J connectivity index is 1.15. The van der Waals surface area contributed by atoms with Crippen molar-refractivity contribution in [1.82, 2.24) is 30.8 Å². The molecule has 2 aromatic carbocycles. The molecule has 62 heavy (non-hydrogen) atoms. The number of aromatic nitrogens is 2. The van der Waals surface area contributed by atoms with Gasteiger partial charge in [0.25, 0.3) is 0 Å². The van der Waals surface area contributed by atoms with Gasteiger partial charge >= 0.3 is 12.3 Å². The van der Waals surface area contributed by atoms with Crippen molar-refractivity contribution in [2.45, 2.75) is 96.0 Å². The molecule has 0 saturated carbocycles. The maximum absolute atomic E-state index is 15.1. The molecule has 11 nitrogen and oxygen atoms in total. The van der Waals surface area contributed by atoms with Gasteiger partial charge in [-0.05, 0) is 101 Å². The smallest absolute Gasteiger partial charge is 0.407 e. The van der Waals surface area contributed by atoms with E-state index in [2.05, 4.69) is 55.8 Å². The average molecular weight is 862 g/mol. The molecule has 3 unspecified atom stereocenters. The van der Waals surface area contributed by atoms with E-state index < -0.39 is 53.4 Å². The number of alkyl carbamates (subject to hydrolysis) is 1. The molecule has 6 rings (SSSR count). The van der Waals surface area contributed by atoms with Gasteiger partial charge in [0.2, 0.25) is 5.91 Å². The van der Waals surface area contributed by atoms with Gasteiger partial charge in [-0.2, -0.15) is 13.2 Å². The number of carbonyl (C=O) groups excluding carboxylic acids is 2. The fourth-order valence-electron chi connectivity index (χ4n) is 8.14. The lowest BCUT2D eigenvalue weighted by atomic mass is 9.82. The lowest BCUT2D eigenvalue weighted by Crippen LogP contribution is -2.62. The zero-order valence-electron chi connectivity index (χ0n) is 35.3. The minimum Gasteiger partial charge on any atom is -0.453 e. The summed E-state index contributed by atoms with van der Waals surface area (Å²) in [6.45, 7) is 7.18. The van der Waals surface area contributed by atoms with Crippen molar-refractivity contribution in [3.8, 4) is 23.1 Å². The van der Waals surface area contributed by atoms with Gasteiger partial charge in [0.15, 0.2) is 0 Å². The standard InChI is InChI=1S/C46H52F5N7O4/c1-28(2)58-33-16-17-34(58)27-57(26-33)41-18-15-31(23-54-41)14-11-29-9-12-30(13-10-29)20-39(55-43(60)42(56-44(61)62-5)45(3,4)46(49,50)51)40(59)25-52-24-35-36(47)21-32(22-37(35)48)38-8-6-7-19-53-38/h6-10,12-13,15,18-19,21-23,28,33-34,39-40,42,52,59H,16-17,20,24-27H2,1-5H3,(H,55,60)(H,56,61)/t33?,34?,39-,40-,42?/m0/s1. The number of ether oxygens (including phenoxy) is 1. The Morgan fingerprint density at radius 3 is 2.13 bits per heavy atom. The Morgan fingerprint density at radius 2 is 1.56 bits per heavy atom. The summed E-state index contributed by atoms with van der Waals surface area (Å²) in [6.07, 6.45) is -2.16. The third kappa shape index (κ3) is 10.9. The number of rotatable bonds is 14. The summed E-state index contributed by atoms with van der Waals surface area (Å²) in [5, 5.41) is 18.6. The van der Waals surface area contributed by atoms with Gasteiger partial charge in [0.05, 0.1) is 30.4 Å². The minimum atomic E-state index is -4.94. The number of nitrogens with zero attached hydrogens (tertiary/aromatic N) is 4. The molecular weight excluding hydrogens is 810 g/mol. The number of benzene rings is 2. The molecule has 0 radical (unpaired) electrons. The lowest BCUT2D eigenvalue weighted by molar-refractivity contribution is -0.220. The number of fused-ring (bicyclic) bond motifs is 2. The SMILES string of the molecule is COC(=O)NC(C(=O)N[C@@H](Cc1ccc(C#Cc2ccc(N3CC4CCC(C3)N4C(C)C)nc2)cc1)[C@@H](O)CNCc1c(F)cc(-c2ccccn2)cc1F)C(C)(C)C(F)(F)F. The van der Waals surface area contributed by atoms with Gasteiger partial charge in [-0.3, -0.25) is 14.7 Å². The van der Waals surface area contributed by atoms with E-state index in [9.17, 15) is 27.9 Å². The Bertz CT molecular complexity index is 2190. The Morgan fingerprint density at radius 1 is 0.919 bits per heavy atom. The van der Waals surface area contributed by atoms with Gasteiger partial charge in [-0.1, -0.05) is 30.0 Å². The molecule has 16 heteroatoms. The molecule has 4 heterocycles. The molecule has 2 aliphatic rings. The number of aliphatic hydroxyl groups excluding tert-OH is 1. The molecule has 2 fully saturated rings. The quantitative estimate of drug-likeness (QED) is 0.0844. The van der Waals surface area contributed by atoms with Crippen molar-refractivity contribution >= 4 is 17.8 Å². The molecule has 5 atom stereocenters. The third-order valence-corrected chi connectivity index (χ3v) is 11.7. The van der Waals surface area contributed by atoms with Gasteiger partial charge < -0.3 is 30.7 Å². The summed E-state index contributed by atoms with van der Waals surface area (Å²) in [6, 6.07) is 16.2. The highest BCUT2D eigenvalue weighted by atomic mass is 19.4. The van der Waals surface area contributed by atoms with Crippen LogP contribution in [0.25, 0.3) is 11.3 Å². The molecule has 2 bridgehead atoms. The largest absolute Gasteiger partial charge is 0.453 e. The lowest BCUT2D eigenvalue weighted by Gasteiger charge is -2.43. The fraction of sp³-hybridized carbons (Fsp3) is 0.435. The van der Waals surface area contributed by atoms with Crippen molar-refractivity contribution in [1.29, 1.82) is 0 Å². The maximum atomic E-state index is 15.1. The monoisotopic (exact) mass is 861 g/mol. The predicted octanol–water partition coefficient (Wildman–Crippen LogP) is 6.37. The van der Waals surface area contributed by atoms with Gasteiger partial charge in [0, 0.05) is 79.0 Å². The summed E-state index contributed by atoms with van der Waals surface area (Å²) < 4.78 is 77.4. The first kappa shape index (κ1) is 45.9. The molecule has 2 aromatic heterocycles. The second-order valence-electron chi connectivity index (χ2n) is 16.6. The third-order valence-electron chi connectivity index (χ3n) is 11.7. The predicted molar refractivity (Wildman–Crippen MR) is 225 cm³/mol. The topological polar surface area (TPSA) is 132 Å². The van der Waals surface area contributed by atoms with Crippen LogP contribution in [0.15, 0.2) is 79.1 Å². The van der Waals surface area contributed by atoms with Crippen LogP contribution in [-0.4, -0.2) is 101 Å². The van der Waals surface area contributed by atoms with E-state index in [4.69, 9.17) is 4.98 Å². The van der Waals surface area contributed by atoms with Crippen LogP contribution in [-0.2, 0) is 22.5 Å². The van der Waals surface area contributed by atoms with Crippen LogP contribution in [0, 0.1) is 28.9 Å².